The topological polar surface area (TPSA) is 120 Å². The summed E-state index contributed by atoms with van der Waals surface area (Å²) in [6, 6.07) is 4.67. The number of anilines is 1. The van der Waals surface area contributed by atoms with E-state index in [2.05, 4.69) is 22.1 Å². The molecular formula is C31H36F3N5O5. The number of hydrogen-bond donors (Lipinski definition) is 1. The number of hydrogen-bond acceptors (Lipinski definition) is 7. The Morgan fingerprint density at radius 2 is 1.70 bits per heavy atom. The highest BCUT2D eigenvalue weighted by atomic mass is 19.4. The molecular weight excluding hydrogens is 579 g/mol. The summed E-state index contributed by atoms with van der Waals surface area (Å²) in [4.78, 5) is 33.3. The number of aromatic carboxylic acids is 1. The van der Waals surface area contributed by atoms with Crippen LogP contribution in [0, 0.1) is 11.8 Å². The van der Waals surface area contributed by atoms with Gasteiger partial charge in [0.1, 0.15) is 11.3 Å². The lowest BCUT2D eigenvalue weighted by atomic mass is 9.81. The van der Waals surface area contributed by atoms with Crippen LogP contribution in [0.3, 0.4) is 0 Å². The lowest BCUT2D eigenvalue weighted by Gasteiger charge is -2.40. The van der Waals surface area contributed by atoms with Gasteiger partial charge in [-0.05, 0) is 87.1 Å². The average Bonchev–Trinajstić information content (AvgIpc) is 3.52. The van der Waals surface area contributed by atoms with Gasteiger partial charge in [-0.1, -0.05) is 6.92 Å². The minimum absolute atomic E-state index is 0.0305. The Labute approximate surface area is 253 Å². The minimum atomic E-state index is -4.80. The average molecular weight is 616 g/mol. The fraction of sp³-hybridized carbons (Fsp3) is 0.516. The largest absolute Gasteiger partial charge is 0.478 e. The van der Waals surface area contributed by atoms with Gasteiger partial charge in [-0.2, -0.15) is 28.2 Å². The molecule has 2 aliphatic rings. The van der Waals surface area contributed by atoms with Gasteiger partial charge in [0, 0.05) is 25.3 Å². The van der Waals surface area contributed by atoms with Crippen molar-refractivity contribution in [3.05, 3.63) is 59.5 Å². The molecule has 0 spiro atoms. The number of carboxylic acid groups (broad SMARTS) is 1. The number of benzene rings is 1. The first-order chi connectivity index (χ1) is 21.0. The molecule has 0 radical (unpaired) electrons. The third kappa shape index (κ3) is 7.20. The Bertz CT molecular complexity index is 1450. The summed E-state index contributed by atoms with van der Waals surface area (Å²) in [5, 5.41) is 18.0. The standard InChI is InChI=1S/C31H36F3N5O5/c1-19-3-5-21(6-4-19)29(40)39(22-7-9-23(43-2)10-8-22)27-12-11-24(16-25(27)30(41)42)44-28-26(31(32,33)34)15-20(17-35-28)18-38-36-13-14-37-38/h11-17,19,21-23H,3-10,18H2,1-2H3,(H,41,42). The molecule has 44 heavy (non-hydrogen) atoms. The third-order valence-electron chi connectivity index (χ3n) is 8.62. The molecule has 1 aromatic carbocycles. The maximum absolute atomic E-state index is 14.0. The normalized spacial score (nSPS) is 22.4. The molecule has 0 unspecified atom stereocenters. The first-order valence-corrected chi connectivity index (χ1v) is 14.8. The second kappa shape index (κ2) is 13.3. The molecule has 0 bridgehead atoms. The maximum atomic E-state index is 14.0. The van der Waals surface area contributed by atoms with E-state index in [0.717, 1.165) is 50.7 Å². The number of amides is 1. The summed E-state index contributed by atoms with van der Waals surface area (Å²) in [6.45, 7) is 2.13. The predicted molar refractivity (Wildman–Crippen MR) is 153 cm³/mol. The lowest BCUT2D eigenvalue weighted by Crippen LogP contribution is -2.47. The zero-order valence-corrected chi connectivity index (χ0v) is 24.7. The molecule has 1 N–H and O–H groups in total. The second-order valence-electron chi connectivity index (χ2n) is 11.7. The van der Waals surface area contributed by atoms with Crippen LogP contribution in [0.4, 0.5) is 18.9 Å². The van der Waals surface area contributed by atoms with Crippen molar-refractivity contribution in [2.45, 2.75) is 83.2 Å². The summed E-state index contributed by atoms with van der Waals surface area (Å²) >= 11 is 0. The predicted octanol–water partition coefficient (Wildman–Crippen LogP) is 6.35. The maximum Gasteiger partial charge on any atom is 0.421 e. The van der Waals surface area contributed by atoms with Crippen molar-refractivity contribution in [1.82, 2.24) is 20.0 Å². The van der Waals surface area contributed by atoms with Gasteiger partial charge in [0.2, 0.25) is 11.8 Å². The monoisotopic (exact) mass is 615 g/mol. The first-order valence-electron chi connectivity index (χ1n) is 14.8. The number of carbonyl (C=O) groups excluding carboxylic acids is 1. The van der Waals surface area contributed by atoms with E-state index in [4.69, 9.17) is 9.47 Å². The summed E-state index contributed by atoms with van der Waals surface area (Å²) in [7, 11) is 1.65. The zero-order chi connectivity index (χ0) is 31.4. The molecule has 2 heterocycles. The number of ether oxygens (including phenoxy) is 2. The van der Waals surface area contributed by atoms with Crippen LogP contribution in [0.5, 0.6) is 11.6 Å². The van der Waals surface area contributed by atoms with E-state index in [0.29, 0.717) is 18.8 Å². The molecule has 5 rings (SSSR count). The zero-order valence-electron chi connectivity index (χ0n) is 24.7. The molecule has 1 amide bonds. The van der Waals surface area contributed by atoms with Gasteiger partial charge in [0.15, 0.2) is 0 Å². The molecule has 2 saturated carbocycles. The fourth-order valence-corrected chi connectivity index (χ4v) is 6.16. The van der Waals surface area contributed by atoms with Gasteiger partial charge in [-0.15, -0.1) is 0 Å². The molecule has 2 fully saturated rings. The number of nitrogens with zero attached hydrogens (tertiary/aromatic N) is 5. The molecule has 0 atom stereocenters. The highest BCUT2D eigenvalue weighted by Crippen LogP contribution is 2.40. The van der Waals surface area contributed by atoms with E-state index in [-0.39, 0.29) is 53.1 Å². The van der Waals surface area contributed by atoms with Crippen LogP contribution in [0.15, 0.2) is 42.9 Å². The van der Waals surface area contributed by atoms with Crippen LogP contribution in [-0.4, -0.2) is 56.2 Å². The summed E-state index contributed by atoms with van der Waals surface area (Å²) < 4.78 is 53.2. The van der Waals surface area contributed by atoms with E-state index in [9.17, 15) is 27.9 Å². The van der Waals surface area contributed by atoms with Crippen LogP contribution < -0.4 is 9.64 Å². The molecule has 2 aromatic heterocycles. The van der Waals surface area contributed by atoms with Gasteiger partial charge in [0.05, 0.1) is 36.3 Å². The van der Waals surface area contributed by atoms with Crippen molar-refractivity contribution in [2.24, 2.45) is 11.8 Å². The lowest BCUT2D eigenvalue weighted by molar-refractivity contribution is -0.139. The van der Waals surface area contributed by atoms with Crippen molar-refractivity contribution >= 4 is 17.6 Å². The quantitative estimate of drug-likeness (QED) is 0.296. The van der Waals surface area contributed by atoms with E-state index < -0.39 is 23.6 Å². The Kier molecular flexibility index (Phi) is 9.52. The van der Waals surface area contributed by atoms with Crippen LogP contribution in [-0.2, 0) is 22.3 Å². The molecule has 13 heteroatoms. The Hall–Kier alpha value is -4.00. The van der Waals surface area contributed by atoms with Gasteiger partial charge < -0.3 is 19.5 Å². The summed E-state index contributed by atoms with van der Waals surface area (Å²) in [5.74, 6) is -2.00. The minimum Gasteiger partial charge on any atom is -0.478 e. The van der Waals surface area contributed by atoms with Crippen molar-refractivity contribution in [3.63, 3.8) is 0 Å². The van der Waals surface area contributed by atoms with E-state index in [1.165, 1.54) is 35.5 Å². The molecule has 236 valence electrons. The highest BCUT2D eigenvalue weighted by molar-refractivity contribution is 6.03. The Balaban J connectivity index is 1.47. The molecule has 3 aromatic rings. The SMILES string of the molecule is COC1CCC(N(C(=O)C2CCC(C)CC2)c2ccc(Oc3ncc(Cn4nccn4)cc3C(F)(F)F)cc2C(=O)O)CC1. The summed E-state index contributed by atoms with van der Waals surface area (Å²) in [6.07, 6.45) is 5.37. The third-order valence-corrected chi connectivity index (χ3v) is 8.62. The number of carboxylic acids is 1. The smallest absolute Gasteiger partial charge is 0.421 e. The number of alkyl halides is 3. The molecule has 2 aliphatic carbocycles. The number of methoxy groups -OCH3 is 1. The van der Waals surface area contributed by atoms with Gasteiger partial charge in [-0.25, -0.2) is 9.78 Å². The van der Waals surface area contributed by atoms with Crippen molar-refractivity contribution < 1.29 is 37.3 Å². The molecule has 0 aliphatic heterocycles. The van der Waals surface area contributed by atoms with Crippen LogP contribution in [0.1, 0.15) is 79.8 Å². The number of halogens is 3. The van der Waals surface area contributed by atoms with Crippen molar-refractivity contribution in [3.8, 4) is 11.6 Å². The first kappa shape index (κ1) is 31.4. The van der Waals surface area contributed by atoms with E-state index in [1.54, 1.807) is 12.0 Å². The number of rotatable bonds is 9. The van der Waals surface area contributed by atoms with Crippen LogP contribution >= 0.6 is 0 Å². The Morgan fingerprint density at radius 3 is 2.32 bits per heavy atom. The van der Waals surface area contributed by atoms with Gasteiger partial charge in [0.25, 0.3) is 0 Å². The molecule has 0 saturated heterocycles. The van der Waals surface area contributed by atoms with Crippen molar-refractivity contribution in [2.75, 3.05) is 12.0 Å². The van der Waals surface area contributed by atoms with E-state index in [1.807, 2.05) is 0 Å². The number of aromatic nitrogens is 4. The Morgan fingerprint density at radius 1 is 1.02 bits per heavy atom. The molecule has 10 nitrogen and oxygen atoms in total. The van der Waals surface area contributed by atoms with E-state index >= 15 is 0 Å². The number of pyridine rings is 1. The van der Waals surface area contributed by atoms with Gasteiger partial charge >= 0.3 is 12.1 Å². The fourth-order valence-electron chi connectivity index (χ4n) is 6.16. The second-order valence-corrected chi connectivity index (χ2v) is 11.7. The van der Waals surface area contributed by atoms with Crippen LogP contribution in [0.2, 0.25) is 0 Å². The van der Waals surface area contributed by atoms with Crippen LogP contribution in [0.25, 0.3) is 0 Å². The highest BCUT2D eigenvalue weighted by Gasteiger charge is 2.38. The number of carbonyl (C=O) groups is 2. The summed E-state index contributed by atoms with van der Waals surface area (Å²) in [5.41, 5.74) is -0.942. The van der Waals surface area contributed by atoms with Gasteiger partial charge in [-0.3, -0.25) is 4.79 Å². The van der Waals surface area contributed by atoms with Crippen molar-refractivity contribution in [1.29, 1.82) is 0 Å².